The third-order valence-corrected chi connectivity index (χ3v) is 6.04. The molecule has 7 heteroatoms. The molecule has 2 N–H and O–H groups in total. The Kier molecular flexibility index (Phi) is 8.51. The molecule has 1 unspecified atom stereocenters. The third-order valence-electron chi connectivity index (χ3n) is 4.31. The summed E-state index contributed by atoms with van der Waals surface area (Å²) < 4.78 is 30.4. The van der Waals surface area contributed by atoms with Crippen LogP contribution in [0.25, 0.3) is 0 Å². The lowest BCUT2D eigenvalue weighted by Crippen LogP contribution is -2.40. The number of nitrogens with zero attached hydrogens (tertiary/aromatic N) is 1. The summed E-state index contributed by atoms with van der Waals surface area (Å²) in [6, 6.07) is 16.4. The molecule has 2 aromatic rings. The van der Waals surface area contributed by atoms with Gasteiger partial charge in [0.1, 0.15) is 5.75 Å². The fourth-order valence-electron chi connectivity index (χ4n) is 2.65. The smallest absolute Gasteiger partial charge is 0.191 e. The van der Waals surface area contributed by atoms with E-state index >= 15 is 0 Å². The Labute approximate surface area is 174 Å². The van der Waals surface area contributed by atoms with Crippen molar-refractivity contribution in [2.24, 2.45) is 10.9 Å². The van der Waals surface area contributed by atoms with Crippen molar-refractivity contribution in [1.29, 1.82) is 0 Å². The second-order valence-corrected chi connectivity index (χ2v) is 9.38. The van der Waals surface area contributed by atoms with E-state index in [9.17, 15) is 8.42 Å². The number of nitrogens with one attached hydrogen (secondary N) is 2. The zero-order chi connectivity index (χ0) is 21.3. The van der Waals surface area contributed by atoms with E-state index in [0.717, 1.165) is 11.3 Å². The molecule has 0 aromatic heterocycles. The van der Waals surface area contributed by atoms with E-state index in [1.54, 1.807) is 37.4 Å². The Bertz CT molecular complexity index is 879. The minimum Gasteiger partial charge on any atom is -0.493 e. The van der Waals surface area contributed by atoms with E-state index in [-0.39, 0.29) is 18.3 Å². The van der Waals surface area contributed by atoms with Gasteiger partial charge in [0.15, 0.2) is 15.8 Å². The lowest BCUT2D eigenvalue weighted by molar-refractivity contribution is 0.271. The van der Waals surface area contributed by atoms with Gasteiger partial charge in [-0.15, -0.1) is 0 Å². The van der Waals surface area contributed by atoms with Gasteiger partial charge in [-0.05, 0) is 42.7 Å². The molecular weight excluding hydrogens is 386 g/mol. The quantitative estimate of drug-likeness (QED) is 0.483. The van der Waals surface area contributed by atoms with Crippen LogP contribution in [0.15, 0.2) is 64.5 Å². The van der Waals surface area contributed by atoms with Crippen LogP contribution in [-0.4, -0.2) is 40.3 Å². The van der Waals surface area contributed by atoms with Crippen LogP contribution < -0.4 is 15.4 Å². The molecule has 0 saturated heterocycles. The number of ether oxygens (including phenoxy) is 1. The first kappa shape index (κ1) is 22.7. The molecule has 0 aliphatic carbocycles. The van der Waals surface area contributed by atoms with E-state index < -0.39 is 9.84 Å². The Hall–Kier alpha value is -2.54. The van der Waals surface area contributed by atoms with Crippen LogP contribution in [-0.2, 0) is 9.84 Å². The van der Waals surface area contributed by atoms with E-state index in [1.807, 2.05) is 31.2 Å². The first-order chi connectivity index (χ1) is 13.8. The van der Waals surface area contributed by atoms with Crippen molar-refractivity contribution in [2.45, 2.75) is 31.7 Å². The highest BCUT2D eigenvalue weighted by atomic mass is 32.2. The van der Waals surface area contributed by atoms with Crippen LogP contribution >= 0.6 is 0 Å². The van der Waals surface area contributed by atoms with Crippen LogP contribution in [0.5, 0.6) is 5.75 Å². The Balaban J connectivity index is 1.86. The number of aliphatic imine (C=N–C) groups is 1. The summed E-state index contributed by atoms with van der Waals surface area (Å²) in [6.07, 6.45) is 0. The molecule has 0 fully saturated rings. The fourth-order valence-corrected chi connectivity index (χ4v) is 3.83. The molecule has 0 aliphatic heterocycles. The van der Waals surface area contributed by atoms with Crippen molar-refractivity contribution >= 4 is 15.8 Å². The lowest BCUT2D eigenvalue weighted by atomic mass is 10.1. The first-order valence-corrected chi connectivity index (χ1v) is 11.4. The van der Waals surface area contributed by atoms with Crippen molar-refractivity contribution in [3.05, 3.63) is 60.2 Å². The number of hydrogen-bond donors (Lipinski definition) is 2. The maximum Gasteiger partial charge on any atom is 0.191 e. The van der Waals surface area contributed by atoms with Gasteiger partial charge in [0, 0.05) is 13.6 Å². The highest BCUT2D eigenvalue weighted by molar-refractivity contribution is 7.91. The summed E-state index contributed by atoms with van der Waals surface area (Å²) >= 11 is 0. The predicted octanol–water partition coefficient (Wildman–Crippen LogP) is 3.42. The van der Waals surface area contributed by atoms with Gasteiger partial charge >= 0.3 is 0 Å². The van der Waals surface area contributed by atoms with Crippen molar-refractivity contribution in [2.75, 3.05) is 26.0 Å². The van der Waals surface area contributed by atoms with Crippen LogP contribution in [0, 0.1) is 5.92 Å². The maximum absolute atomic E-state index is 12.4. The molecule has 29 heavy (non-hydrogen) atoms. The number of guanidine groups is 1. The number of sulfone groups is 1. The second kappa shape index (κ2) is 10.9. The van der Waals surface area contributed by atoms with Crippen LogP contribution in [0.2, 0.25) is 0 Å². The molecule has 0 spiro atoms. The molecule has 0 saturated carbocycles. The topological polar surface area (TPSA) is 79.8 Å². The van der Waals surface area contributed by atoms with Gasteiger partial charge in [-0.1, -0.05) is 44.2 Å². The number of benzene rings is 2. The number of hydrogen-bond acceptors (Lipinski definition) is 4. The zero-order valence-corrected chi connectivity index (χ0v) is 18.4. The minimum absolute atomic E-state index is 0.00563. The van der Waals surface area contributed by atoms with Gasteiger partial charge in [0.05, 0.1) is 23.3 Å². The normalized spacial score (nSPS) is 13.2. The van der Waals surface area contributed by atoms with Crippen molar-refractivity contribution < 1.29 is 13.2 Å². The van der Waals surface area contributed by atoms with E-state index in [0.29, 0.717) is 23.4 Å². The molecule has 1 atom stereocenters. The Morgan fingerprint density at radius 1 is 1.03 bits per heavy atom. The molecule has 0 amide bonds. The molecule has 0 heterocycles. The standard InChI is InChI=1S/C22H31N3O3S/c1-17(2)16-28-20-12-10-19(11-13-20)18(3)25-22(23-4)24-14-15-29(26,27)21-8-6-5-7-9-21/h5-13,17-18H,14-16H2,1-4H3,(H2,23,24,25). The average molecular weight is 418 g/mol. The molecule has 0 bridgehead atoms. The van der Waals surface area contributed by atoms with Gasteiger partial charge in [-0.2, -0.15) is 0 Å². The molecule has 0 aliphatic rings. The molecule has 2 aromatic carbocycles. The van der Waals surface area contributed by atoms with Gasteiger partial charge in [-0.3, -0.25) is 4.99 Å². The van der Waals surface area contributed by atoms with Gasteiger partial charge in [-0.25, -0.2) is 8.42 Å². The number of rotatable bonds is 9. The SMILES string of the molecule is CN=C(NCCS(=O)(=O)c1ccccc1)NC(C)c1ccc(OCC(C)C)cc1. The van der Waals surface area contributed by atoms with E-state index in [1.165, 1.54) is 0 Å². The molecule has 6 nitrogen and oxygen atoms in total. The van der Waals surface area contributed by atoms with Crippen molar-refractivity contribution in [1.82, 2.24) is 10.6 Å². The van der Waals surface area contributed by atoms with Crippen molar-refractivity contribution in [3.63, 3.8) is 0 Å². The zero-order valence-electron chi connectivity index (χ0n) is 17.6. The predicted molar refractivity (Wildman–Crippen MR) is 118 cm³/mol. The van der Waals surface area contributed by atoms with Crippen LogP contribution in [0.3, 0.4) is 0 Å². The summed E-state index contributed by atoms with van der Waals surface area (Å²) in [5.74, 6) is 1.88. The van der Waals surface area contributed by atoms with E-state index in [4.69, 9.17) is 4.74 Å². The van der Waals surface area contributed by atoms with Gasteiger partial charge in [0.25, 0.3) is 0 Å². The Morgan fingerprint density at radius 2 is 1.69 bits per heavy atom. The average Bonchev–Trinajstić information content (AvgIpc) is 2.72. The third kappa shape index (κ3) is 7.42. The Morgan fingerprint density at radius 3 is 2.28 bits per heavy atom. The second-order valence-electron chi connectivity index (χ2n) is 7.27. The largest absolute Gasteiger partial charge is 0.493 e. The van der Waals surface area contributed by atoms with Crippen molar-refractivity contribution in [3.8, 4) is 5.75 Å². The molecule has 158 valence electrons. The van der Waals surface area contributed by atoms with Gasteiger partial charge < -0.3 is 15.4 Å². The van der Waals surface area contributed by atoms with Gasteiger partial charge in [0.2, 0.25) is 0 Å². The highest BCUT2D eigenvalue weighted by Gasteiger charge is 2.14. The highest BCUT2D eigenvalue weighted by Crippen LogP contribution is 2.18. The van der Waals surface area contributed by atoms with E-state index in [2.05, 4.69) is 29.5 Å². The summed E-state index contributed by atoms with van der Waals surface area (Å²) in [6.45, 7) is 7.22. The van der Waals surface area contributed by atoms with Crippen LogP contribution in [0.1, 0.15) is 32.4 Å². The minimum atomic E-state index is -3.32. The first-order valence-electron chi connectivity index (χ1n) is 9.79. The van der Waals surface area contributed by atoms with Crippen LogP contribution in [0.4, 0.5) is 0 Å². The lowest BCUT2D eigenvalue weighted by Gasteiger charge is -2.19. The maximum atomic E-state index is 12.4. The fraction of sp³-hybridized carbons (Fsp3) is 0.409. The summed E-state index contributed by atoms with van der Waals surface area (Å²) in [4.78, 5) is 4.52. The molecule has 2 rings (SSSR count). The molecule has 0 radical (unpaired) electrons. The summed E-state index contributed by atoms with van der Waals surface area (Å²) in [5.41, 5.74) is 1.08. The monoisotopic (exact) mass is 417 g/mol. The molecular formula is C22H31N3O3S. The summed E-state index contributed by atoms with van der Waals surface area (Å²) in [7, 11) is -1.66. The summed E-state index contributed by atoms with van der Waals surface area (Å²) in [5, 5.41) is 6.36.